The van der Waals surface area contributed by atoms with E-state index in [2.05, 4.69) is 85.3 Å². The third-order valence-electron chi connectivity index (χ3n) is 6.47. The van der Waals surface area contributed by atoms with E-state index in [0.29, 0.717) is 5.92 Å². The fourth-order valence-electron chi connectivity index (χ4n) is 4.02. The third kappa shape index (κ3) is 6.66. The molecule has 0 saturated heterocycles. The molecule has 6 heteroatoms. The van der Waals surface area contributed by atoms with Crippen LogP contribution in [0.5, 0.6) is 0 Å². The second kappa shape index (κ2) is 12.3. The maximum Gasteiger partial charge on any atom is 0.192 e. The molecule has 0 spiro atoms. The van der Waals surface area contributed by atoms with E-state index in [0.717, 1.165) is 27.5 Å². The highest BCUT2D eigenvalue weighted by atomic mass is 79.9. The second-order valence-corrected chi connectivity index (χ2v) is 16.4. The molecule has 1 unspecified atom stereocenters. The first-order valence-corrected chi connectivity index (χ1v) is 16.5. The molecule has 0 amide bonds. The Kier molecular flexibility index (Phi) is 10.4. The van der Waals surface area contributed by atoms with Gasteiger partial charge in [-0.3, -0.25) is 0 Å². The van der Waals surface area contributed by atoms with Crippen LogP contribution in [0.3, 0.4) is 0 Å². The maximum atomic E-state index is 13.6. The van der Waals surface area contributed by atoms with Crippen molar-refractivity contribution in [2.45, 2.75) is 63.8 Å². The molecule has 176 valence electrons. The van der Waals surface area contributed by atoms with Gasteiger partial charge in [0.05, 0.1) is 20.7 Å². The van der Waals surface area contributed by atoms with Crippen molar-refractivity contribution >= 4 is 34.0 Å². The van der Waals surface area contributed by atoms with Gasteiger partial charge in [0.2, 0.25) is 0 Å². The summed E-state index contributed by atoms with van der Waals surface area (Å²) in [5.41, 5.74) is 1.17. The topological polar surface area (TPSA) is 38.7 Å². The minimum atomic E-state index is -2.62. The van der Waals surface area contributed by atoms with E-state index in [1.54, 1.807) is 7.05 Å². The quantitative estimate of drug-likeness (QED) is 0.270. The van der Waals surface area contributed by atoms with E-state index in [-0.39, 0.29) is 12.0 Å². The summed E-state index contributed by atoms with van der Waals surface area (Å²) >= 11 is 3.56. The van der Waals surface area contributed by atoms with Crippen LogP contribution in [0, 0.1) is 11.8 Å². The Labute approximate surface area is 205 Å². The predicted octanol–water partition coefficient (Wildman–Crippen LogP) is 8.45. The van der Waals surface area contributed by atoms with Crippen molar-refractivity contribution in [3.63, 3.8) is 0 Å². The number of rotatable bonds is 11. The lowest BCUT2D eigenvalue weighted by atomic mass is 9.87. The number of hydrogen-bond acceptors (Lipinski definition) is 3. The lowest BCUT2D eigenvalue weighted by molar-refractivity contribution is 0.120. The summed E-state index contributed by atoms with van der Waals surface area (Å²) in [4.78, 5) is 0.738. The minimum absolute atomic E-state index is 0.0813. The van der Waals surface area contributed by atoms with Crippen molar-refractivity contribution in [1.82, 2.24) is 0 Å². The molecule has 2 aromatic rings. The Morgan fingerprint density at radius 1 is 1.00 bits per heavy atom. The third-order valence-corrected chi connectivity index (χ3v) is 13.6. The van der Waals surface area contributed by atoms with Crippen molar-refractivity contribution in [3.05, 3.63) is 76.1 Å². The van der Waals surface area contributed by atoms with Crippen LogP contribution in [-0.4, -0.2) is 19.6 Å². The zero-order valence-corrected chi connectivity index (χ0v) is 23.7. The molecule has 0 aliphatic heterocycles. The van der Waals surface area contributed by atoms with Crippen LogP contribution in [0.2, 0.25) is 18.1 Å². The zero-order chi connectivity index (χ0) is 23.8. The molecule has 0 fully saturated rings. The molecule has 0 aliphatic rings. The summed E-state index contributed by atoms with van der Waals surface area (Å²) in [6.45, 7) is 11.2. The van der Waals surface area contributed by atoms with Gasteiger partial charge in [-0.25, -0.2) is 8.57 Å². The fraction of sp³-hybridized carbons (Fsp3) is 0.462. The monoisotopic (exact) mass is 535 g/mol. The maximum absolute atomic E-state index is 13.6. The van der Waals surface area contributed by atoms with Gasteiger partial charge in [0.15, 0.2) is 8.32 Å². The molecule has 32 heavy (non-hydrogen) atoms. The normalized spacial score (nSPS) is 16.1. The second-order valence-electron chi connectivity index (χ2n) is 8.55. The van der Waals surface area contributed by atoms with Gasteiger partial charge < -0.3 is 4.43 Å². The summed E-state index contributed by atoms with van der Waals surface area (Å²) in [7, 11) is -2.86. The van der Waals surface area contributed by atoms with Crippen molar-refractivity contribution in [1.29, 1.82) is 0 Å². The summed E-state index contributed by atoms with van der Waals surface area (Å²) in [6, 6.07) is 21.2. The standard InChI is InChI=1S/C26H38BrNO2SSi/c1-7-32(8-2,9-3)30-26(22-15-17-23(27)18-16-22)25(21(4)5)19-20-31(29,28-6)24-13-11-10-12-14-24/h10-21,25-26H,7-9H2,1-6H3/b20-19-/t25-,26+,31?/m1/s1. The molecular weight excluding hydrogens is 498 g/mol. The van der Waals surface area contributed by atoms with Crippen LogP contribution in [0.1, 0.15) is 46.3 Å². The van der Waals surface area contributed by atoms with Crippen LogP contribution in [-0.2, 0) is 14.2 Å². The van der Waals surface area contributed by atoms with E-state index < -0.39 is 18.0 Å². The van der Waals surface area contributed by atoms with Gasteiger partial charge in [0, 0.05) is 22.8 Å². The Morgan fingerprint density at radius 3 is 2.03 bits per heavy atom. The predicted molar refractivity (Wildman–Crippen MR) is 144 cm³/mol. The summed E-state index contributed by atoms with van der Waals surface area (Å²) < 4.78 is 26.1. The van der Waals surface area contributed by atoms with Crippen molar-refractivity contribution in [3.8, 4) is 0 Å². The number of hydrogen-bond donors (Lipinski definition) is 0. The van der Waals surface area contributed by atoms with Gasteiger partial charge in [0.1, 0.15) is 0 Å². The highest BCUT2D eigenvalue weighted by Gasteiger charge is 2.36. The Morgan fingerprint density at radius 2 is 1.56 bits per heavy atom. The highest BCUT2D eigenvalue weighted by molar-refractivity contribution is 9.10. The number of nitrogens with zero attached hydrogens (tertiary/aromatic N) is 1. The van der Waals surface area contributed by atoms with Crippen LogP contribution in [0.4, 0.5) is 0 Å². The van der Waals surface area contributed by atoms with Gasteiger partial charge >= 0.3 is 0 Å². The molecule has 0 saturated carbocycles. The molecule has 3 atom stereocenters. The van der Waals surface area contributed by atoms with Gasteiger partial charge in [-0.05, 0) is 53.9 Å². The molecule has 3 nitrogen and oxygen atoms in total. The molecule has 2 aromatic carbocycles. The first kappa shape index (κ1) is 27.0. The molecule has 0 bridgehead atoms. The van der Waals surface area contributed by atoms with E-state index in [1.165, 1.54) is 5.56 Å². The molecule has 0 aliphatic carbocycles. The first-order valence-electron chi connectivity index (χ1n) is 11.6. The molecule has 0 heterocycles. The van der Waals surface area contributed by atoms with Gasteiger partial charge in [-0.2, -0.15) is 0 Å². The molecular formula is C26H38BrNO2SSi. The van der Waals surface area contributed by atoms with E-state index in [4.69, 9.17) is 4.43 Å². The summed E-state index contributed by atoms with van der Waals surface area (Å²) in [6.07, 6.45) is 2.02. The summed E-state index contributed by atoms with van der Waals surface area (Å²) in [5.74, 6) is 0.396. The highest BCUT2D eigenvalue weighted by Crippen LogP contribution is 2.39. The van der Waals surface area contributed by atoms with Crippen molar-refractivity contribution < 1.29 is 8.63 Å². The van der Waals surface area contributed by atoms with Gasteiger partial charge in [0.25, 0.3) is 0 Å². The lowest BCUT2D eigenvalue weighted by Gasteiger charge is -2.38. The first-order chi connectivity index (χ1) is 15.2. The largest absolute Gasteiger partial charge is 0.409 e. The number of halogens is 1. The molecule has 0 aromatic heterocycles. The molecule has 2 rings (SSSR count). The van der Waals surface area contributed by atoms with Crippen LogP contribution >= 0.6 is 15.9 Å². The Bertz CT molecular complexity index is 970. The average molecular weight is 537 g/mol. The Balaban J connectivity index is 2.55. The average Bonchev–Trinajstić information content (AvgIpc) is 2.82. The SMILES string of the molecule is CC[Si](CC)(CC)O[C@@H](c1ccc(Br)cc1)[C@H](/C=C\S(=O)(=NC)c1ccccc1)C(C)C. The van der Waals surface area contributed by atoms with Gasteiger partial charge in [-0.15, -0.1) is 0 Å². The van der Waals surface area contributed by atoms with Crippen LogP contribution < -0.4 is 0 Å². The van der Waals surface area contributed by atoms with E-state index in [1.807, 2.05) is 35.7 Å². The van der Waals surface area contributed by atoms with Crippen molar-refractivity contribution in [2.75, 3.05) is 7.05 Å². The molecule has 0 radical (unpaired) electrons. The molecule has 0 N–H and O–H groups in total. The van der Waals surface area contributed by atoms with Gasteiger partial charge in [-0.1, -0.05) is 87.0 Å². The Hall–Kier alpha value is -1.21. The lowest BCUT2D eigenvalue weighted by Crippen LogP contribution is -2.39. The van der Waals surface area contributed by atoms with E-state index >= 15 is 0 Å². The van der Waals surface area contributed by atoms with Crippen LogP contribution in [0.25, 0.3) is 0 Å². The zero-order valence-electron chi connectivity index (χ0n) is 20.3. The smallest absolute Gasteiger partial charge is 0.192 e. The van der Waals surface area contributed by atoms with E-state index in [9.17, 15) is 4.21 Å². The minimum Gasteiger partial charge on any atom is -0.409 e. The van der Waals surface area contributed by atoms with Crippen molar-refractivity contribution in [2.24, 2.45) is 16.2 Å². The number of benzene rings is 2. The fourth-order valence-corrected chi connectivity index (χ4v) is 8.55. The summed E-state index contributed by atoms with van der Waals surface area (Å²) in [5, 5.41) is 1.81. The van der Waals surface area contributed by atoms with Crippen LogP contribution in [0.15, 0.2) is 79.8 Å².